The maximum absolute atomic E-state index is 12.7. The van der Waals surface area contributed by atoms with Crippen molar-refractivity contribution in [2.75, 3.05) is 13.2 Å². The number of carbonyl (C=O) groups is 3. The van der Waals surface area contributed by atoms with Crippen LogP contribution in [0.4, 0.5) is 0 Å². The first kappa shape index (κ1) is 55.3. The number of carbonyl (C=O) groups excluding carboxylic acids is 3. The second-order valence-electron chi connectivity index (χ2n) is 15.3. The Morgan fingerprint density at radius 2 is 0.729 bits per heavy atom. The fourth-order valence-electron chi connectivity index (χ4n) is 6.12. The van der Waals surface area contributed by atoms with Crippen LogP contribution in [-0.4, -0.2) is 37.2 Å². The van der Waals surface area contributed by atoms with Crippen LogP contribution in [0.2, 0.25) is 0 Å². The quantitative estimate of drug-likeness (QED) is 0.0265. The molecule has 0 aromatic rings. The van der Waals surface area contributed by atoms with Gasteiger partial charge >= 0.3 is 17.9 Å². The van der Waals surface area contributed by atoms with Crippen LogP contribution in [0.25, 0.3) is 0 Å². The SMILES string of the molecule is CC/C=C\C/C=C\C/C=C\C/C=C\C/C=C\CC(=O)OCC(COC(=O)CCCCCCCCCCCCC)OC(=O)CCCCCCC/C=C\C/C=C\C/C=C\CC. The van der Waals surface area contributed by atoms with Gasteiger partial charge in [-0.15, -0.1) is 0 Å². The zero-order valence-corrected chi connectivity index (χ0v) is 38.0. The summed E-state index contributed by atoms with van der Waals surface area (Å²) in [5, 5.41) is 0. The van der Waals surface area contributed by atoms with Gasteiger partial charge in [0, 0.05) is 12.8 Å². The molecule has 0 saturated heterocycles. The molecule has 0 aliphatic heterocycles. The highest BCUT2D eigenvalue weighted by atomic mass is 16.6. The van der Waals surface area contributed by atoms with Gasteiger partial charge in [0.2, 0.25) is 0 Å². The van der Waals surface area contributed by atoms with Crippen LogP contribution in [0.1, 0.15) is 201 Å². The molecule has 0 amide bonds. The zero-order chi connectivity index (χ0) is 43.0. The van der Waals surface area contributed by atoms with Crippen LogP contribution in [-0.2, 0) is 28.6 Å². The van der Waals surface area contributed by atoms with Crippen molar-refractivity contribution in [2.45, 2.75) is 207 Å². The molecule has 0 radical (unpaired) electrons. The van der Waals surface area contributed by atoms with Crippen LogP contribution in [0, 0.1) is 0 Å². The van der Waals surface area contributed by atoms with Gasteiger partial charge in [0.15, 0.2) is 6.10 Å². The molecule has 0 aromatic carbocycles. The Balaban J connectivity index is 4.55. The van der Waals surface area contributed by atoms with E-state index in [1.165, 1.54) is 51.4 Å². The van der Waals surface area contributed by atoms with E-state index in [0.717, 1.165) is 109 Å². The average molecular weight is 819 g/mol. The summed E-state index contributed by atoms with van der Waals surface area (Å²) >= 11 is 0. The van der Waals surface area contributed by atoms with E-state index in [4.69, 9.17) is 14.2 Å². The fourth-order valence-corrected chi connectivity index (χ4v) is 6.12. The molecule has 0 N–H and O–H groups in total. The minimum Gasteiger partial charge on any atom is -0.462 e. The monoisotopic (exact) mass is 819 g/mol. The van der Waals surface area contributed by atoms with E-state index in [1.807, 2.05) is 6.08 Å². The molecule has 0 saturated carbocycles. The molecular weight excluding hydrogens is 733 g/mol. The maximum atomic E-state index is 12.7. The molecule has 0 aliphatic carbocycles. The standard InChI is InChI=1S/C53H86O6/c1-4-7-10-13-16-19-22-24-26-28-31-34-37-40-43-46-52(55)58-49-50(48-57-51(54)45-42-39-36-33-30-21-18-15-12-9-6-3)59-53(56)47-44-41-38-35-32-29-27-25-23-20-17-14-11-8-5-2/h7-8,10-11,16-17,19-20,24-27,31,34,40,43,50H,4-6,9,12-15,18,21-23,28-30,32-33,35-39,41-42,44-49H2,1-3H3/b10-7-,11-8-,19-16-,20-17-,26-24-,27-25-,34-31-,43-40-. The highest BCUT2D eigenvalue weighted by Gasteiger charge is 2.19. The molecule has 0 bridgehead atoms. The van der Waals surface area contributed by atoms with Crippen LogP contribution in [0.15, 0.2) is 97.2 Å². The van der Waals surface area contributed by atoms with Crippen LogP contribution >= 0.6 is 0 Å². The first-order valence-corrected chi connectivity index (χ1v) is 23.7. The summed E-state index contributed by atoms with van der Waals surface area (Å²) in [5.41, 5.74) is 0. The molecule has 0 rings (SSSR count). The van der Waals surface area contributed by atoms with E-state index in [1.54, 1.807) is 6.08 Å². The van der Waals surface area contributed by atoms with Crippen molar-refractivity contribution in [3.8, 4) is 0 Å². The van der Waals surface area contributed by atoms with Crippen molar-refractivity contribution in [2.24, 2.45) is 0 Å². The number of rotatable bonds is 41. The Morgan fingerprint density at radius 1 is 0.373 bits per heavy atom. The van der Waals surface area contributed by atoms with Gasteiger partial charge in [0.05, 0.1) is 6.42 Å². The number of allylic oxidation sites excluding steroid dienone is 15. The van der Waals surface area contributed by atoms with Gasteiger partial charge < -0.3 is 14.2 Å². The topological polar surface area (TPSA) is 78.9 Å². The van der Waals surface area contributed by atoms with E-state index < -0.39 is 12.1 Å². The summed E-state index contributed by atoms with van der Waals surface area (Å²) in [4.78, 5) is 37.8. The molecule has 0 aromatic heterocycles. The summed E-state index contributed by atoms with van der Waals surface area (Å²) in [7, 11) is 0. The van der Waals surface area contributed by atoms with Gasteiger partial charge in [-0.25, -0.2) is 0 Å². The number of ether oxygens (including phenoxy) is 3. The highest BCUT2D eigenvalue weighted by Crippen LogP contribution is 2.13. The molecule has 334 valence electrons. The number of hydrogen-bond acceptors (Lipinski definition) is 6. The first-order chi connectivity index (χ1) is 29.0. The minimum atomic E-state index is -0.824. The lowest BCUT2D eigenvalue weighted by Crippen LogP contribution is -2.30. The second-order valence-corrected chi connectivity index (χ2v) is 15.3. The van der Waals surface area contributed by atoms with Gasteiger partial charge in [-0.05, 0) is 77.0 Å². The van der Waals surface area contributed by atoms with E-state index >= 15 is 0 Å². The van der Waals surface area contributed by atoms with Gasteiger partial charge in [-0.1, -0.05) is 201 Å². The Hall–Kier alpha value is -3.67. The second kappa shape index (κ2) is 47.0. The predicted molar refractivity (Wildman–Crippen MR) is 251 cm³/mol. The van der Waals surface area contributed by atoms with Gasteiger partial charge in [0.1, 0.15) is 13.2 Å². The van der Waals surface area contributed by atoms with Gasteiger partial charge in [-0.2, -0.15) is 0 Å². The van der Waals surface area contributed by atoms with Crippen molar-refractivity contribution in [3.05, 3.63) is 97.2 Å². The summed E-state index contributed by atoms with van der Waals surface area (Å²) in [6.45, 7) is 6.28. The van der Waals surface area contributed by atoms with Crippen molar-refractivity contribution >= 4 is 17.9 Å². The third-order valence-electron chi connectivity index (χ3n) is 9.62. The Kier molecular flexibility index (Phi) is 44.1. The predicted octanol–water partition coefficient (Wildman–Crippen LogP) is 15.4. The third-order valence-corrected chi connectivity index (χ3v) is 9.62. The largest absolute Gasteiger partial charge is 0.462 e. The van der Waals surface area contributed by atoms with Crippen molar-refractivity contribution in [3.63, 3.8) is 0 Å². The highest BCUT2D eigenvalue weighted by molar-refractivity contribution is 5.72. The number of hydrogen-bond donors (Lipinski definition) is 0. The molecule has 0 aliphatic rings. The Bertz CT molecular complexity index is 1220. The van der Waals surface area contributed by atoms with E-state index in [9.17, 15) is 14.4 Å². The first-order valence-electron chi connectivity index (χ1n) is 23.7. The minimum absolute atomic E-state index is 0.114. The molecule has 6 heteroatoms. The molecule has 1 unspecified atom stereocenters. The van der Waals surface area contributed by atoms with Gasteiger partial charge in [0.25, 0.3) is 0 Å². The Morgan fingerprint density at radius 3 is 1.19 bits per heavy atom. The smallest absolute Gasteiger partial charge is 0.309 e. The van der Waals surface area contributed by atoms with Crippen molar-refractivity contribution in [1.29, 1.82) is 0 Å². The van der Waals surface area contributed by atoms with E-state index in [-0.39, 0.29) is 38.0 Å². The number of unbranched alkanes of at least 4 members (excludes halogenated alkanes) is 15. The van der Waals surface area contributed by atoms with Crippen LogP contribution in [0.5, 0.6) is 0 Å². The lowest BCUT2D eigenvalue weighted by molar-refractivity contribution is -0.166. The maximum Gasteiger partial charge on any atom is 0.309 e. The number of esters is 3. The molecule has 1 atom stereocenters. The van der Waals surface area contributed by atoms with Gasteiger partial charge in [-0.3, -0.25) is 14.4 Å². The molecule has 0 fully saturated rings. The van der Waals surface area contributed by atoms with E-state index in [2.05, 4.69) is 106 Å². The third kappa shape index (κ3) is 45.3. The Labute approximate surface area is 362 Å². The van der Waals surface area contributed by atoms with Crippen molar-refractivity contribution in [1.82, 2.24) is 0 Å². The summed E-state index contributed by atoms with van der Waals surface area (Å²) in [5.74, 6) is -1.07. The molecule has 6 nitrogen and oxygen atoms in total. The molecule has 0 spiro atoms. The fraction of sp³-hybridized carbons (Fsp3) is 0.642. The summed E-state index contributed by atoms with van der Waals surface area (Å²) < 4.78 is 16.6. The van der Waals surface area contributed by atoms with E-state index in [0.29, 0.717) is 6.42 Å². The molecular formula is C53H86O6. The van der Waals surface area contributed by atoms with Crippen LogP contribution < -0.4 is 0 Å². The molecule has 0 heterocycles. The normalized spacial score (nSPS) is 12.9. The molecule has 59 heavy (non-hydrogen) atoms. The summed E-state index contributed by atoms with van der Waals surface area (Å²) in [6.07, 6.45) is 61.3. The average Bonchev–Trinajstić information content (AvgIpc) is 3.23. The summed E-state index contributed by atoms with van der Waals surface area (Å²) in [6, 6.07) is 0. The van der Waals surface area contributed by atoms with Crippen molar-refractivity contribution < 1.29 is 28.6 Å². The zero-order valence-electron chi connectivity index (χ0n) is 38.0. The lowest BCUT2D eigenvalue weighted by atomic mass is 10.1. The lowest BCUT2D eigenvalue weighted by Gasteiger charge is -2.18. The van der Waals surface area contributed by atoms with Crippen LogP contribution in [0.3, 0.4) is 0 Å².